The number of rotatable bonds is 5. The molecule has 0 spiro atoms. The SMILES string of the molecule is CC.[3H]C(=O)NC(C)c1ccc(OC2CN(c3ccccn3)C2)cc1. The van der Waals surface area contributed by atoms with Gasteiger partial charge in [-0.25, -0.2) is 4.98 Å². The molecule has 0 saturated carbocycles. The second-order valence-electron chi connectivity index (χ2n) is 5.37. The molecule has 1 saturated heterocycles. The summed E-state index contributed by atoms with van der Waals surface area (Å²) in [4.78, 5) is 17.2. The summed E-state index contributed by atoms with van der Waals surface area (Å²) < 4.78 is 12.9. The molecule has 1 aliphatic heterocycles. The molecular formula is C19H25N3O2. The van der Waals surface area contributed by atoms with Crippen LogP contribution in [0, 0.1) is 0 Å². The third-order valence-corrected chi connectivity index (χ3v) is 3.78. The van der Waals surface area contributed by atoms with Gasteiger partial charge in [0.1, 0.15) is 19.0 Å². The van der Waals surface area contributed by atoms with E-state index in [4.69, 9.17) is 6.11 Å². The number of carbonyl (C=O) groups excluding carboxylic acids is 1. The van der Waals surface area contributed by atoms with E-state index < -0.39 is 6.39 Å². The summed E-state index contributed by atoms with van der Waals surface area (Å²) >= 11 is 0. The maximum atomic E-state index is 10.8. The Morgan fingerprint density at radius 3 is 2.58 bits per heavy atom. The molecule has 1 atom stereocenters. The standard InChI is InChI=1S/C17H19N3O2.C2H6/c1-13(19-12-21)14-5-7-15(8-6-14)22-16-10-20(11-16)17-4-2-3-9-18-17;1-2/h2-9,12-13,16H,10-11H2,1H3,(H,19,21);1-2H3/i12T;. The van der Waals surface area contributed by atoms with Crippen LogP contribution in [0.4, 0.5) is 5.82 Å². The van der Waals surface area contributed by atoms with Crippen LogP contribution in [0.5, 0.6) is 5.75 Å². The highest BCUT2D eigenvalue weighted by Gasteiger charge is 2.29. The van der Waals surface area contributed by atoms with Crippen molar-refractivity contribution in [1.29, 1.82) is 0 Å². The summed E-state index contributed by atoms with van der Waals surface area (Å²) in [6.07, 6.45) is 1.18. The third kappa shape index (κ3) is 4.47. The molecule has 1 amide bonds. The predicted molar refractivity (Wildman–Crippen MR) is 96.3 cm³/mol. The summed E-state index contributed by atoms with van der Waals surface area (Å²) in [6, 6.07) is 13.3. The number of carbonyl (C=O) groups is 1. The molecule has 0 aliphatic carbocycles. The molecule has 1 aromatic carbocycles. The zero-order chi connectivity index (χ0) is 18.2. The van der Waals surface area contributed by atoms with E-state index in [1.165, 1.54) is 0 Å². The molecule has 1 aliphatic rings. The Labute approximate surface area is 145 Å². The van der Waals surface area contributed by atoms with Gasteiger partial charge in [0.05, 0.1) is 19.1 Å². The van der Waals surface area contributed by atoms with E-state index in [0.29, 0.717) is 0 Å². The predicted octanol–water partition coefficient (Wildman–Crippen LogP) is 3.18. The molecule has 128 valence electrons. The molecule has 3 rings (SSSR count). The number of hydrogen-bond acceptors (Lipinski definition) is 4. The highest BCUT2D eigenvalue weighted by molar-refractivity contribution is 5.48. The minimum atomic E-state index is -0.776. The quantitative estimate of drug-likeness (QED) is 0.856. The van der Waals surface area contributed by atoms with Gasteiger partial charge in [0.15, 0.2) is 0 Å². The molecule has 2 heterocycles. The van der Waals surface area contributed by atoms with Gasteiger partial charge in [-0.3, -0.25) is 4.79 Å². The molecule has 24 heavy (non-hydrogen) atoms. The first-order chi connectivity index (χ1) is 12.1. The highest BCUT2D eigenvalue weighted by atomic mass is 16.5. The van der Waals surface area contributed by atoms with Crippen LogP contribution in [0.25, 0.3) is 0 Å². The van der Waals surface area contributed by atoms with Gasteiger partial charge in [0, 0.05) is 6.20 Å². The van der Waals surface area contributed by atoms with Crippen LogP contribution in [0.1, 0.15) is 33.7 Å². The first-order valence-electron chi connectivity index (χ1n) is 8.81. The Morgan fingerprint density at radius 2 is 2.00 bits per heavy atom. The average molecular weight is 329 g/mol. The molecule has 1 N–H and O–H groups in total. The molecule has 2 aromatic rings. The van der Waals surface area contributed by atoms with Crippen LogP contribution in [0.15, 0.2) is 48.7 Å². The lowest BCUT2D eigenvalue weighted by Crippen LogP contribution is -2.54. The minimum Gasteiger partial charge on any atom is -0.487 e. The number of hydrogen-bond donors (Lipinski definition) is 1. The van der Waals surface area contributed by atoms with Gasteiger partial charge in [0.2, 0.25) is 6.39 Å². The molecule has 5 nitrogen and oxygen atoms in total. The number of pyridine rings is 1. The van der Waals surface area contributed by atoms with Crippen molar-refractivity contribution < 1.29 is 10.9 Å². The molecule has 0 bridgehead atoms. The number of aromatic nitrogens is 1. The number of nitrogens with one attached hydrogen (secondary N) is 1. The third-order valence-electron chi connectivity index (χ3n) is 3.78. The normalized spacial score (nSPS) is 15.3. The van der Waals surface area contributed by atoms with Crippen molar-refractivity contribution in [2.24, 2.45) is 0 Å². The van der Waals surface area contributed by atoms with Crippen molar-refractivity contribution in [1.82, 2.24) is 10.3 Å². The van der Waals surface area contributed by atoms with E-state index in [-0.39, 0.29) is 12.1 Å². The maximum absolute atomic E-state index is 10.8. The van der Waals surface area contributed by atoms with E-state index >= 15 is 0 Å². The Morgan fingerprint density at radius 1 is 1.29 bits per heavy atom. The first kappa shape index (κ1) is 16.3. The first-order valence-corrected chi connectivity index (χ1v) is 8.31. The molecule has 1 fully saturated rings. The van der Waals surface area contributed by atoms with Gasteiger partial charge in [-0.05, 0) is 36.8 Å². The van der Waals surface area contributed by atoms with Crippen LogP contribution in [0.3, 0.4) is 0 Å². The fraction of sp³-hybridized carbons (Fsp3) is 0.368. The van der Waals surface area contributed by atoms with E-state index in [9.17, 15) is 4.79 Å². The molecule has 5 heteroatoms. The van der Waals surface area contributed by atoms with Crippen molar-refractivity contribution in [2.75, 3.05) is 18.0 Å². The van der Waals surface area contributed by atoms with Crippen molar-refractivity contribution in [3.8, 4) is 5.75 Å². The summed E-state index contributed by atoms with van der Waals surface area (Å²) in [5.74, 6) is 1.78. The van der Waals surface area contributed by atoms with E-state index in [1.54, 1.807) is 6.20 Å². The topological polar surface area (TPSA) is 54.5 Å². The number of benzene rings is 1. The van der Waals surface area contributed by atoms with E-state index in [0.717, 1.165) is 30.2 Å². The lowest BCUT2D eigenvalue weighted by atomic mass is 10.1. The van der Waals surface area contributed by atoms with Gasteiger partial charge in [-0.15, -0.1) is 0 Å². The second kappa shape index (κ2) is 8.91. The highest BCUT2D eigenvalue weighted by Crippen LogP contribution is 2.23. The molecular weight excluding hydrogens is 302 g/mol. The Hall–Kier alpha value is -2.56. The monoisotopic (exact) mass is 329 g/mol. The number of ether oxygens (including phenoxy) is 1. The van der Waals surface area contributed by atoms with Crippen molar-refractivity contribution in [2.45, 2.75) is 32.9 Å². The largest absolute Gasteiger partial charge is 0.487 e. The van der Waals surface area contributed by atoms with Gasteiger partial charge < -0.3 is 15.0 Å². The maximum Gasteiger partial charge on any atom is 0.207 e. The van der Waals surface area contributed by atoms with Crippen LogP contribution < -0.4 is 15.0 Å². The average Bonchev–Trinajstić information content (AvgIpc) is 2.60. The summed E-state index contributed by atoms with van der Waals surface area (Å²) in [5.41, 5.74) is 0.946. The number of anilines is 1. The van der Waals surface area contributed by atoms with Crippen LogP contribution in [-0.2, 0) is 4.79 Å². The zero-order valence-corrected chi connectivity index (χ0v) is 14.4. The van der Waals surface area contributed by atoms with Crippen LogP contribution in [0.2, 0.25) is 0 Å². The van der Waals surface area contributed by atoms with Crippen molar-refractivity contribution >= 4 is 12.2 Å². The molecule has 1 unspecified atom stereocenters. The van der Waals surface area contributed by atoms with Gasteiger partial charge in [-0.2, -0.15) is 0 Å². The Bertz CT molecular complexity index is 658. The number of amides is 1. The smallest absolute Gasteiger partial charge is 0.207 e. The summed E-state index contributed by atoms with van der Waals surface area (Å²) in [7, 11) is 0. The van der Waals surface area contributed by atoms with Gasteiger partial charge >= 0.3 is 0 Å². The molecule has 0 radical (unpaired) electrons. The molecule has 1 aromatic heterocycles. The van der Waals surface area contributed by atoms with Crippen molar-refractivity contribution in [3.63, 3.8) is 0 Å². The Balaban J connectivity index is 0.00000109. The number of nitrogens with zero attached hydrogens (tertiary/aromatic N) is 2. The summed E-state index contributed by atoms with van der Waals surface area (Å²) in [6.45, 7) is 7.49. The summed E-state index contributed by atoms with van der Waals surface area (Å²) in [5, 5.41) is 2.54. The Kier molecular flexibility index (Phi) is 6.05. The minimum absolute atomic E-state index is 0.160. The fourth-order valence-corrected chi connectivity index (χ4v) is 2.44. The van der Waals surface area contributed by atoms with E-state index in [1.807, 2.05) is 63.2 Å². The van der Waals surface area contributed by atoms with Crippen molar-refractivity contribution in [3.05, 3.63) is 54.2 Å². The fourth-order valence-electron chi connectivity index (χ4n) is 2.44. The lowest BCUT2D eigenvalue weighted by Gasteiger charge is -2.39. The van der Waals surface area contributed by atoms with Gasteiger partial charge in [-0.1, -0.05) is 32.0 Å². The van der Waals surface area contributed by atoms with Crippen LogP contribution in [-0.4, -0.2) is 30.6 Å². The van der Waals surface area contributed by atoms with Gasteiger partial charge in [0.25, 0.3) is 0 Å². The van der Waals surface area contributed by atoms with Crippen LogP contribution >= 0.6 is 0 Å². The lowest BCUT2D eigenvalue weighted by molar-refractivity contribution is -0.110. The zero-order valence-electron chi connectivity index (χ0n) is 15.4. The second-order valence-corrected chi connectivity index (χ2v) is 5.37. The van der Waals surface area contributed by atoms with E-state index in [2.05, 4.69) is 15.2 Å².